The Morgan fingerprint density at radius 2 is 1.10 bits per heavy atom. The summed E-state index contributed by atoms with van der Waals surface area (Å²) in [4.78, 5) is 12.3. The number of hydrogen-bond donors (Lipinski definition) is 0. The zero-order valence-electron chi connectivity index (χ0n) is 10.8. The van der Waals surface area contributed by atoms with Crippen molar-refractivity contribution in [2.24, 2.45) is 0 Å². The number of carbonyl (C=O) groups is 1. The Hall–Kier alpha value is -1.97. The third-order valence-corrected chi connectivity index (χ3v) is 3.80. The molecule has 3 heteroatoms. The van der Waals surface area contributed by atoms with Gasteiger partial charge in [-0.15, -0.1) is 0 Å². The molecule has 3 nitrogen and oxygen atoms in total. The molecular weight excluding hydrogens is 252 g/mol. The van der Waals surface area contributed by atoms with Crippen molar-refractivity contribution >= 4 is 5.78 Å². The van der Waals surface area contributed by atoms with Crippen LogP contribution in [0.3, 0.4) is 0 Å². The minimum Gasteiger partial charge on any atom is -0.356 e. The van der Waals surface area contributed by atoms with Crippen molar-refractivity contribution in [3.8, 4) is 0 Å². The van der Waals surface area contributed by atoms with Crippen LogP contribution in [0.4, 0.5) is 0 Å². The summed E-state index contributed by atoms with van der Waals surface area (Å²) in [7, 11) is 0. The molecule has 0 amide bonds. The molecule has 0 aliphatic carbocycles. The SMILES string of the molecule is O=C([C@H]1O[C@H]1c1ccccc1)[C@@H]1O[C@@H]1c1ccccc1. The van der Waals surface area contributed by atoms with E-state index >= 15 is 0 Å². The molecule has 2 aromatic carbocycles. The third-order valence-electron chi connectivity index (χ3n) is 3.80. The lowest BCUT2D eigenvalue weighted by molar-refractivity contribution is -0.121. The highest BCUT2D eigenvalue weighted by atomic mass is 16.6. The van der Waals surface area contributed by atoms with Gasteiger partial charge in [0.05, 0.1) is 0 Å². The fourth-order valence-electron chi connectivity index (χ4n) is 2.61. The lowest BCUT2D eigenvalue weighted by atomic mass is 10.0. The quantitative estimate of drug-likeness (QED) is 0.799. The van der Waals surface area contributed by atoms with Crippen LogP contribution in [-0.4, -0.2) is 18.0 Å². The second-order valence-corrected chi connectivity index (χ2v) is 5.18. The first-order valence-electron chi connectivity index (χ1n) is 6.79. The lowest BCUT2D eigenvalue weighted by Gasteiger charge is -1.95. The normalized spacial score (nSPS) is 30.8. The molecule has 2 aliphatic heterocycles. The van der Waals surface area contributed by atoms with Crippen molar-refractivity contribution in [1.29, 1.82) is 0 Å². The molecule has 2 aliphatic rings. The second-order valence-electron chi connectivity index (χ2n) is 5.18. The monoisotopic (exact) mass is 266 g/mol. The first-order valence-corrected chi connectivity index (χ1v) is 6.79. The number of epoxide rings is 2. The molecule has 2 saturated heterocycles. The highest BCUT2D eigenvalue weighted by Crippen LogP contribution is 2.46. The second kappa shape index (κ2) is 4.54. The van der Waals surface area contributed by atoms with E-state index in [0.29, 0.717) is 0 Å². The standard InChI is InChI=1S/C17H14O3/c18-13(16-14(19-16)11-7-3-1-4-8-11)17-15(20-17)12-9-5-2-6-10-12/h1-10,14-17H/t14-,15+,16+,17-. The van der Waals surface area contributed by atoms with Crippen LogP contribution in [0.2, 0.25) is 0 Å². The number of ketones is 1. The van der Waals surface area contributed by atoms with Gasteiger partial charge in [0.2, 0.25) is 0 Å². The molecule has 0 N–H and O–H groups in total. The summed E-state index contributed by atoms with van der Waals surface area (Å²) < 4.78 is 11.0. The maximum atomic E-state index is 12.3. The zero-order chi connectivity index (χ0) is 13.5. The summed E-state index contributed by atoms with van der Waals surface area (Å²) in [5, 5.41) is 0. The molecule has 2 fully saturated rings. The van der Waals surface area contributed by atoms with Crippen molar-refractivity contribution in [3.05, 3.63) is 71.8 Å². The molecule has 2 aromatic rings. The Kier molecular flexibility index (Phi) is 2.69. The van der Waals surface area contributed by atoms with E-state index in [0.717, 1.165) is 11.1 Å². The van der Waals surface area contributed by atoms with Crippen molar-refractivity contribution in [1.82, 2.24) is 0 Å². The smallest absolute Gasteiger partial charge is 0.196 e. The summed E-state index contributed by atoms with van der Waals surface area (Å²) in [5.41, 5.74) is 2.12. The molecule has 0 unspecified atom stereocenters. The summed E-state index contributed by atoms with van der Waals surface area (Å²) in [6, 6.07) is 19.7. The van der Waals surface area contributed by atoms with Gasteiger partial charge in [0.1, 0.15) is 24.4 Å². The Morgan fingerprint density at radius 3 is 1.50 bits per heavy atom. The average Bonchev–Trinajstić information content (AvgIpc) is 3.40. The maximum absolute atomic E-state index is 12.3. The van der Waals surface area contributed by atoms with Gasteiger partial charge in [-0.3, -0.25) is 4.79 Å². The van der Waals surface area contributed by atoms with Crippen LogP contribution in [0.5, 0.6) is 0 Å². The fourth-order valence-corrected chi connectivity index (χ4v) is 2.61. The van der Waals surface area contributed by atoms with E-state index in [9.17, 15) is 4.79 Å². The van der Waals surface area contributed by atoms with Crippen LogP contribution in [0, 0.1) is 0 Å². The molecular formula is C17H14O3. The Bertz CT molecular complexity index is 568. The van der Waals surface area contributed by atoms with Crippen molar-refractivity contribution in [3.63, 3.8) is 0 Å². The van der Waals surface area contributed by atoms with Crippen LogP contribution >= 0.6 is 0 Å². The van der Waals surface area contributed by atoms with Gasteiger partial charge >= 0.3 is 0 Å². The lowest BCUT2D eigenvalue weighted by Crippen LogP contribution is -2.15. The highest BCUT2D eigenvalue weighted by Gasteiger charge is 2.56. The van der Waals surface area contributed by atoms with Gasteiger partial charge in [-0.05, 0) is 11.1 Å². The van der Waals surface area contributed by atoms with Crippen LogP contribution < -0.4 is 0 Å². The number of benzene rings is 2. The maximum Gasteiger partial charge on any atom is 0.196 e. The largest absolute Gasteiger partial charge is 0.356 e. The molecule has 100 valence electrons. The summed E-state index contributed by atoms with van der Waals surface area (Å²) in [5.74, 6) is 0.0627. The molecule has 0 aromatic heterocycles. The summed E-state index contributed by atoms with van der Waals surface area (Å²) in [6.45, 7) is 0. The van der Waals surface area contributed by atoms with Gasteiger partial charge < -0.3 is 9.47 Å². The van der Waals surface area contributed by atoms with Gasteiger partial charge in [-0.1, -0.05) is 60.7 Å². The fraction of sp³-hybridized carbons (Fsp3) is 0.235. The molecule has 0 bridgehead atoms. The van der Waals surface area contributed by atoms with E-state index in [1.54, 1.807) is 0 Å². The van der Waals surface area contributed by atoms with Crippen LogP contribution in [-0.2, 0) is 14.3 Å². The van der Waals surface area contributed by atoms with Crippen LogP contribution in [0.15, 0.2) is 60.7 Å². The Balaban J connectivity index is 1.42. The van der Waals surface area contributed by atoms with Gasteiger partial charge in [-0.2, -0.15) is 0 Å². The van der Waals surface area contributed by atoms with Crippen LogP contribution in [0.1, 0.15) is 23.3 Å². The minimum atomic E-state index is -0.337. The molecule has 0 saturated carbocycles. The Labute approximate surface area is 117 Å². The first-order chi connectivity index (χ1) is 9.84. The number of rotatable bonds is 4. The molecule has 20 heavy (non-hydrogen) atoms. The average molecular weight is 266 g/mol. The van der Waals surface area contributed by atoms with Crippen molar-refractivity contribution in [2.75, 3.05) is 0 Å². The first kappa shape index (κ1) is 11.8. The van der Waals surface area contributed by atoms with E-state index < -0.39 is 0 Å². The number of hydrogen-bond acceptors (Lipinski definition) is 3. The van der Waals surface area contributed by atoms with Crippen molar-refractivity contribution in [2.45, 2.75) is 24.4 Å². The van der Waals surface area contributed by atoms with Gasteiger partial charge in [0, 0.05) is 0 Å². The Morgan fingerprint density at radius 1 is 0.700 bits per heavy atom. The molecule has 2 heterocycles. The third kappa shape index (κ3) is 2.05. The summed E-state index contributed by atoms with van der Waals surface area (Å²) in [6.07, 6.45) is -0.860. The number of ether oxygens (including phenoxy) is 2. The van der Waals surface area contributed by atoms with Gasteiger partial charge in [-0.25, -0.2) is 0 Å². The zero-order valence-corrected chi connectivity index (χ0v) is 10.8. The molecule has 0 radical (unpaired) electrons. The predicted molar refractivity (Wildman–Crippen MR) is 73.1 cm³/mol. The minimum absolute atomic E-state index is 0.0627. The van der Waals surface area contributed by atoms with Crippen molar-refractivity contribution < 1.29 is 14.3 Å². The van der Waals surface area contributed by atoms with Gasteiger partial charge in [0.25, 0.3) is 0 Å². The van der Waals surface area contributed by atoms with E-state index in [-0.39, 0.29) is 30.2 Å². The molecule has 0 spiro atoms. The molecule has 4 rings (SSSR count). The summed E-state index contributed by atoms with van der Waals surface area (Å²) >= 11 is 0. The predicted octanol–water partition coefficient (Wildman–Crippen LogP) is 2.84. The topological polar surface area (TPSA) is 42.1 Å². The van der Waals surface area contributed by atoms with Crippen LogP contribution in [0.25, 0.3) is 0 Å². The number of carbonyl (C=O) groups excluding carboxylic acids is 1. The number of Topliss-reactive ketones (excluding diaryl/α,β-unsaturated/α-hetero) is 1. The highest BCUT2D eigenvalue weighted by molar-refractivity contribution is 5.92. The molecule has 4 atom stereocenters. The van der Waals surface area contributed by atoms with E-state index in [1.807, 2.05) is 60.7 Å². The van der Waals surface area contributed by atoms with E-state index in [4.69, 9.17) is 9.47 Å². The van der Waals surface area contributed by atoms with E-state index in [2.05, 4.69) is 0 Å². The van der Waals surface area contributed by atoms with Gasteiger partial charge in [0.15, 0.2) is 5.78 Å². The van der Waals surface area contributed by atoms with E-state index in [1.165, 1.54) is 0 Å².